The number of nitrogens with zero attached hydrogens (tertiary/aromatic N) is 2. The van der Waals surface area contributed by atoms with E-state index >= 15 is 0 Å². The van der Waals surface area contributed by atoms with Crippen LogP contribution in [0.3, 0.4) is 0 Å². The number of carbonyl (C=O) groups excluding carboxylic acids is 1. The number of rotatable bonds is 4. The van der Waals surface area contributed by atoms with Crippen molar-refractivity contribution in [2.75, 3.05) is 18.4 Å². The van der Waals surface area contributed by atoms with Gasteiger partial charge in [-0.3, -0.25) is 4.79 Å². The van der Waals surface area contributed by atoms with Crippen LogP contribution in [0.4, 0.5) is 5.13 Å². The number of amides is 1. The van der Waals surface area contributed by atoms with Crippen LogP contribution >= 0.6 is 11.3 Å². The Morgan fingerprint density at radius 1 is 1.65 bits per heavy atom. The molecule has 1 aliphatic rings. The normalized spacial score (nSPS) is 20.7. The van der Waals surface area contributed by atoms with Crippen LogP contribution in [-0.2, 0) is 11.3 Å². The van der Waals surface area contributed by atoms with E-state index < -0.39 is 0 Å². The molecule has 4 nitrogen and oxygen atoms in total. The zero-order chi connectivity index (χ0) is 12.3. The third-order valence-electron chi connectivity index (χ3n) is 3.03. The molecule has 1 aromatic rings. The Morgan fingerprint density at radius 2 is 2.47 bits per heavy atom. The summed E-state index contributed by atoms with van der Waals surface area (Å²) in [5, 5.41) is 4.13. The molecule has 0 aromatic carbocycles. The van der Waals surface area contributed by atoms with E-state index in [1.165, 1.54) is 0 Å². The number of piperidine rings is 1. The predicted molar refractivity (Wildman–Crippen MR) is 70.1 cm³/mol. The first-order valence-corrected chi connectivity index (χ1v) is 6.99. The molecular weight excluding hydrogens is 234 g/mol. The van der Waals surface area contributed by atoms with Gasteiger partial charge in [0, 0.05) is 30.1 Å². The largest absolute Gasteiger partial charge is 0.362 e. The first-order valence-electron chi connectivity index (χ1n) is 6.18. The van der Waals surface area contributed by atoms with E-state index in [4.69, 9.17) is 0 Å². The van der Waals surface area contributed by atoms with Gasteiger partial charge >= 0.3 is 0 Å². The van der Waals surface area contributed by atoms with Gasteiger partial charge < -0.3 is 10.2 Å². The van der Waals surface area contributed by atoms with E-state index in [1.54, 1.807) is 11.3 Å². The lowest BCUT2D eigenvalue weighted by Crippen LogP contribution is -2.39. The summed E-state index contributed by atoms with van der Waals surface area (Å²) in [6, 6.07) is 0. The van der Waals surface area contributed by atoms with Crippen molar-refractivity contribution in [3.63, 3.8) is 0 Å². The van der Waals surface area contributed by atoms with Crippen molar-refractivity contribution in [1.82, 2.24) is 9.88 Å². The summed E-state index contributed by atoms with van der Waals surface area (Å²) in [7, 11) is 0. The molecule has 0 aliphatic carbocycles. The van der Waals surface area contributed by atoms with Crippen LogP contribution in [-0.4, -0.2) is 28.9 Å². The van der Waals surface area contributed by atoms with Crippen molar-refractivity contribution in [2.24, 2.45) is 5.92 Å². The maximum Gasteiger partial charge on any atom is 0.225 e. The zero-order valence-electron chi connectivity index (χ0n) is 10.4. The van der Waals surface area contributed by atoms with Crippen LogP contribution in [0, 0.1) is 5.92 Å². The van der Waals surface area contributed by atoms with E-state index in [1.807, 2.05) is 18.0 Å². The average Bonchev–Trinajstić information content (AvgIpc) is 2.73. The summed E-state index contributed by atoms with van der Waals surface area (Å²) in [5.41, 5.74) is 0. The van der Waals surface area contributed by atoms with Crippen molar-refractivity contribution in [1.29, 1.82) is 0 Å². The second-order valence-corrected chi connectivity index (χ2v) is 5.58. The first kappa shape index (κ1) is 12.4. The summed E-state index contributed by atoms with van der Waals surface area (Å²) in [5.74, 6) is 0.472. The molecule has 2 heterocycles. The number of hydrogen-bond donors (Lipinski definition) is 1. The monoisotopic (exact) mass is 253 g/mol. The van der Waals surface area contributed by atoms with Gasteiger partial charge in [0.2, 0.25) is 5.91 Å². The summed E-state index contributed by atoms with van der Waals surface area (Å²) in [6.07, 6.45) is 4.02. The number of thiazole rings is 1. The highest BCUT2D eigenvalue weighted by molar-refractivity contribution is 7.15. The minimum absolute atomic E-state index is 0.185. The fourth-order valence-corrected chi connectivity index (χ4v) is 2.99. The highest BCUT2D eigenvalue weighted by atomic mass is 32.1. The molecule has 0 radical (unpaired) electrons. The molecule has 0 spiro atoms. The topological polar surface area (TPSA) is 45.2 Å². The van der Waals surface area contributed by atoms with Gasteiger partial charge in [-0.1, -0.05) is 6.92 Å². The van der Waals surface area contributed by atoms with Gasteiger partial charge in [-0.15, -0.1) is 11.3 Å². The summed E-state index contributed by atoms with van der Waals surface area (Å²) in [6.45, 7) is 6.55. The van der Waals surface area contributed by atoms with Gasteiger partial charge in [0.15, 0.2) is 5.13 Å². The van der Waals surface area contributed by atoms with Crippen molar-refractivity contribution in [2.45, 2.75) is 33.2 Å². The van der Waals surface area contributed by atoms with Gasteiger partial charge in [0.1, 0.15) is 0 Å². The zero-order valence-corrected chi connectivity index (χ0v) is 11.2. The molecule has 94 valence electrons. The van der Waals surface area contributed by atoms with E-state index in [0.717, 1.165) is 35.9 Å². The molecule has 1 amide bonds. The SMILES string of the molecule is CCNc1ncc(CN2CCCC(C)C2=O)s1. The maximum absolute atomic E-state index is 12.0. The van der Waals surface area contributed by atoms with Gasteiger partial charge in [-0.25, -0.2) is 4.98 Å². The van der Waals surface area contributed by atoms with Crippen LogP contribution in [0.2, 0.25) is 0 Å². The lowest BCUT2D eigenvalue weighted by molar-refractivity contribution is -0.138. The molecule has 17 heavy (non-hydrogen) atoms. The summed E-state index contributed by atoms with van der Waals surface area (Å²) in [4.78, 5) is 19.4. The first-order chi connectivity index (χ1) is 8.20. The standard InChI is InChI=1S/C12H19N3OS/c1-3-13-12-14-7-10(17-12)8-15-6-4-5-9(2)11(15)16/h7,9H,3-6,8H2,1-2H3,(H,13,14). The molecule has 1 unspecified atom stereocenters. The van der Waals surface area contributed by atoms with Gasteiger partial charge in [0.05, 0.1) is 6.54 Å². The van der Waals surface area contributed by atoms with Crippen molar-refractivity contribution < 1.29 is 4.79 Å². The van der Waals surface area contributed by atoms with Crippen LogP contribution in [0.1, 0.15) is 31.6 Å². The molecule has 0 bridgehead atoms. The fourth-order valence-electron chi connectivity index (χ4n) is 2.09. The Morgan fingerprint density at radius 3 is 3.24 bits per heavy atom. The molecule has 2 rings (SSSR count). The highest BCUT2D eigenvalue weighted by Gasteiger charge is 2.25. The predicted octanol–water partition coefficient (Wildman–Crippen LogP) is 2.33. The summed E-state index contributed by atoms with van der Waals surface area (Å²) >= 11 is 1.64. The molecule has 1 fully saturated rings. The maximum atomic E-state index is 12.0. The number of hydrogen-bond acceptors (Lipinski definition) is 4. The highest BCUT2D eigenvalue weighted by Crippen LogP contribution is 2.23. The molecular formula is C12H19N3OS. The molecule has 1 N–H and O–H groups in total. The Bertz CT molecular complexity index is 391. The fraction of sp³-hybridized carbons (Fsp3) is 0.667. The van der Waals surface area contributed by atoms with E-state index in [-0.39, 0.29) is 11.8 Å². The molecule has 1 aliphatic heterocycles. The van der Waals surface area contributed by atoms with Gasteiger partial charge in [-0.05, 0) is 19.8 Å². The van der Waals surface area contributed by atoms with Gasteiger partial charge in [-0.2, -0.15) is 0 Å². The Kier molecular flexibility index (Phi) is 3.99. The number of carbonyl (C=O) groups is 1. The van der Waals surface area contributed by atoms with Crippen molar-refractivity contribution in [3.8, 4) is 0 Å². The van der Waals surface area contributed by atoms with Gasteiger partial charge in [0.25, 0.3) is 0 Å². The quantitative estimate of drug-likeness (QED) is 0.895. The van der Waals surface area contributed by atoms with E-state index in [0.29, 0.717) is 6.54 Å². The second kappa shape index (κ2) is 5.49. The second-order valence-electron chi connectivity index (χ2n) is 4.47. The van der Waals surface area contributed by atoms with Crippen LogP contribution < -0.4 is 5.32 Å². The Hall–Kier alpha value is -1.10. The molecule has 1 saturated heterocycles. The van der Waals surface area contributed by atoms with Crippen LogP contribution in [0.5, 0.6) is 0 Å². The van der Waals surface area contributed by atoms with Crippen molar-refractivity contribution in [3.05, 3.63) is 11.1 Å². The molecule has 5 heteroatoms. The minimum Gasteiger partial charge on any atom is -0.362 e. The minimum atomic E-state index is 0.185. The van der Waals surface area contributed by atoms with Crippen LogP contribution in [0.25, 0.3) is 0 Å². The lowest BCUT2D eigenvalue weighted by Gasteiger charge is -2.30. The smallest absolute Gasteiger partial charge is 0.225 e. The number of anilines is 1. The number of likely N-dealkylation sites (tertiary alicyclic amines) is 1. The molecule has 1 atom stereocenters. The summed E-state index contributed by atoms with van der Waals surface area (Å²) < 4.78 is 0. The Labute approximate surface area is 106 Å². The number of nitrogens with one attached hydrogen (secondary N) is 1. The average molecular weight is 253 g/mol. The number of aromatic nitrogens is 1. The third kappa shape index (κ3) is 2.97. The third-order valence-corrected chi connectivity index (χ3v) is 3.97. The molecule has 0 saturated carbocycles. The van der Waals surface area contributed by atoms with Crippen molar-refractivity contribution >= 4 is 22.4 Å². The van der Waals surface area contributed by atoms with E-state index in [2.05, 4.69) is 17.2 Å². The Balaban J connectivity index is 1.97. The van der Waals surface area contributed by atoms with Crippen LogP contribution in [0.15, 0.2) is 6.20 Å². The van der Waals surface area contributed by atoms with E-state index in [9.17, 15) is 4.79 Å². The lowest BCUT2D eigenvalue weighted by atomic mass is 9.99. The molecule has 1 aromatic heterocycles.